The molecule has 0 aliphatic carbocycles. The predicted octanol–water partition coefficient (Wildman–Crippen LogP) is 2.17. The number of hydrogen-bond donors (Lipinski definition) is 2. The van der Waals surface area contributed by atoms with Gasteiger partial charge in [0.15, 0.2) is 0 Å². The van der Waals surface area contributed by atoms with Gasteiger partial charge < -0.3 is 14.9 Å². The Morgan fingerprint density at radius 1 is 1.22 bits per heavy atom. The largest absolute Gasteiger partial charge is 0.488 e. The highest BCUT2D eigenvalue weighted by Gasteiger charge is 2.18. The molecule has 2 unspecified atom stereocenters. The molecule has 0 bridgehead atoms. The number of aliphatic hydroxyl groups is 2. The minimum atomic E-state index is -1.07. The molecule has 0 aliphatic rings. The van der Waals surface area contributed by atoms with Crippen molar-refractivity contribution in [2.24, 2.45) is 0 Å². The van der Waals surface area contributed by atoms with Gasteiger partial charge in [-0.1, -0.05) is 12.1 Å². The first-order chi connectivity index (χ1) is 8.33. The van der Waals surface area contributed by atoms with E-state index < -0.39 is 12.2 Å². The van der Waals surface area contributed by atoms with Gasteiger partial charge in [-0.15, -0.1) is 0 Å². The molecular weight excluding hydrogens is 230 g/mol. The first kappa shape index (κ1) is 14.5. The monoisotopic (exact) mass is 249 g/mol. The van der Waals surface area contributed by atoms with Crippen molar-refractivity contribution < 1.29 is 14.9 Å². The average Bonchev–Trinajstić information content (AvgIpc) is 2.27. The first-order valence-corrected chi connectivity index (χ1v) is 5.85. The lowest BCUT2D eigenvalue weighted by atomic mass is 10.0. The summed E-state index contributed by atoms with van der Waals surface area (Å²) in [5.74, 6) is 0.702. The Balaban J connectivity index is 2.74. The van der Waals surface area contributed by atoms with Gasteiger partial charge in [-0.25, -0.2) is 0 Å². The lowest BCUT2D eigenvalue weighted by Crippen LogP contribution is -2.23. The molecule has 0 saturated carbocycles. The van der Waals surface area contributed by atoms with E-state index in [0.29, 0.717) is 11.3 Å². The van der Waals surface area contributed by atoms with E-state index in [1.165, 1.54) is 0 Å². The van der Waals surface area contributed by atoms with E-state index in [0.717, 1.165) is 0 Å². The molecule has 0 radical (unpaired) electrons. The Morgan fingerprint density at radius 2 is 1.78 bits per heavy atom. The van der Waals surface area contributed by atoms with Crippen molar-refractivity contribution in [1.29, 1.82) is 5.26 Å². The van der Waals surface area contributed by atoms with Crippen LogP contribution in [0.4, 0.5) is 0 Å². The number of hydrogen-bond acceptors (Lipinski definition) is 4. The molecule has 0 saturated heterocycles. The van der Waals surface area contributed by atoms with Crippen LogP contribution in [-0.4, -0.2) is 21.9 Å². The van der Waals surface area contributed by atoms with Crippen LogP contribution in [0.15, 0.2) is 24.3 Å². The van der Waals surface area contributed by atoms with Crippen molar-refractivity contribution in [3.63, 3.8) is 0 Å². The first-order valence-electron chi connectivity index (χ1n) is 5.85. The fraction of sp³-hybridized carbons (Fsp3) is 0.500. The van der Waals surface area contributed by atoms with E-state index in [1.54, 1.807) is 24.3 Å². The van der Waals surface area contributed by atoms with Crippen molar-refractivity contribution in [2.75, 3.05) is 0 Å². The molecule has 0 amide bonds. The zero-order valence-corrected chi connectivity index (χ0v) is 10.9. The molecule has 4 nitrogen and oxygen atoms in total. The van der Waals surface area contributed by atoms with Crippen LogP contribution in [-0.2, 0) is 0 Å². The molecule has 2 N–H and O–H groups in total. The van der Waals surface area contributed by atoms with Crippen LogP contribution in [0.3, 0.4) is 0 Å². The summed E-state index contributed by atoms with van der Waals surface area (Å²) in [6, 6.07) is 8.68. The maximum Gasteiger partial charge on any atom is 0.120 e. The van der Waals surface area contributed by atoms with Gasteiger partial charge in [0.05, 0.1) is 18.6 Å². The summed E-state index contributed by atoms with van der Waals surface area (Å²) in [7, 11) is 0. The Hall–Kier alpha value is -1.57. The molecule has 4 heteroatoms. The van der Waals surface area contributed by atoms with Crippen molar-refractivity contribution in [3.8, 4) is 11.8 Å². The third kappa shape index (κ3) is 4.36. The summed E-state index contributed by atoms with van der Waals surface area (Å²) in [6.45, 7) is 5.85. The SMILES string of the molecule is CC(C)(C)Oc1ccc(C(O)C(O)CC#N)cc1. The second-order valence-electron chi connectivity index (χ2n) is 5.16. The molecule has 0 fully saturated rings. The second kappa shape index (κ2) is 5.85. The molecule has 2 atom stereocenters. The summed E-state index contributed by atoms with van der Waals surface area (Å²) in [5, 5.41) is 27.8. The number of nitrogens with zero attached hydrogens (tertiary/aromatic N) is 1. The lowest BCUT2D eigenvalue weighted by molar-refractivity contribution is 0.0215. The highest BCUT2D eigenvalue weighted by Crippen LogP contribution is 2.23. The van der Waals surface area contributed by atoms with Crippen LogP contribution in [0.25, 0.3) is 0 Å². The standard InChI is InChI=1S/C14H19NO3/c1-14(2,3)18-11-6-4-10(5-7-11)13(17)12(16)8-9-15/h4-7,12-13,16-17H,8H2,1-3H3. The Labute approximate surface area is 107 Å². The molecule has 98 valence electrons. The van der Waals surface area contributed by atoms with Crippen LogP contribution < -0.4 is 4.74 Å². The van der Waals surface area contributed by atoms with Gasteiger partial charge in [0, 0.05) is 0 Å². The molecule has 18 heavy (non-hydrogen) atoms. The fourth-order valence-corrected chi connectivity index (χ4v) is 1.51. The molecule has 1 rings (SSSR count). The molecule has 1 aromatic carbocycles. The number of ether oxygens (including phenoxy) is 1. The number of nitriles is 1. The van der Waals surface area contributed by atoms with Crippen molar-refractivity contribution in [1.82, 2.24) is 0 Å². The molecule has 1 aromatic rings. The van der Waals surface area contributed by atoms with Gasteiger partial charge in [0.1, 0.15) is 17.5 Å². The third-order valence-corrected chi connectivity index (χ3v) is 2.31. The minimum Gasteiger partial charge on any atom is -0.488 e. The summed E-state index contributed by atoms with van der Waals surface area (Å²) < 4.78 is 5.65. The highest BCUT2D eigenvalue weighted by atomic mass is 16.5. The van der Waals surface area contributed by atoms with E-state index in [4.69, 9.17) is 10.00 Å². The van der Waals surface area contributed by atoms with E-state index in [9.17, 15) is 10.2 Å². The Kier molecular flexibility index (Phi) is 4.71. The van der Waals surface area contributed by atoms with Gasteiger partial charge in [0.2, 0.25) is 0 Å². The summed E-state index contributed by atoms with van der Waals surface area (Å²) >= 11 is 0. The topological polar surface area (TPSA) is 73.5 Å². The zero-order valence-electron chi connectivity index (χ0n) is 10.9. The summed E-state index contributed by atoms with van der Waals surface area (Å²) in [6.07, 6.45) is -2.21. The van der Waals surface area contributed by atoms with Crippen molar-refractivity contribution in [2.45, 2.75) is 45.0 Å². The number of rotatable bonds is 4. The Bertz CT molecular complexity index is 414. The normalized spacial score (nSPS) is 14.7. The maximum absolute atomic E-state index is 9.80. The van der Waals surface area contributed by atoms with Gasteiger partial charge in [-0.05, 0) is 38.5 Å². The lowest BCUT2D eigenvalue weighted by Gasteiger charge is -2.22. The fourth-order valence-electron chi connectivity index (χ4n) is 1.51. The molecule has 0 aromatic heterocycles. The van der Waals surface area contributed by atoms with Crippen molar-refractivity contribution >= 4 is 0 Å². The third-order valence-electron chi connectivity index (χ3n) is 2.31. The van der Waals surface area contributed by atoms with E-state index in [-0.39, 0.29) is 12.0 Å². The smallest absolute Gasteiger partial charge is 0.120 e. The predicted molar refractivity (Wildman–Crippen MR) is 68.0 cm³/mol. The quantitative estimate of drug-likeness (QED) is 0.857. The molecule has 0 heterocycles. The van der Waals surface area contributed by atoms with Crippen LogP contribution in [0.5, 0.6) is 5.75 Å². The van der Waals surface area contributed by atoms with Crippen LogP contribution in [0.1, 0.15) is 38.9 Å². The molecule has 0 aliphatic heterocycles. The van der Waals surface area contributed by atoms with E-state index >= 15 is 0 Å². The second-order valence-corrected chi connectivity index (χ2v) is 5.16. The van der Waals surface area contributed by atoms with Gasteiger partial charge in [-0.2, -0.15) is 5.26 Å². The van der Waals surface area contributed by atoms with Gasteiger partial charge >= 0.3 is 0 Å². The average molecular weight is 249 g/mol. The summed E-state index contributed by atoms with van der Waals surface area (Å²) in [5.41, 5.74) is 0.291. The van der Waals surface area contributed by atoms with Gasteiger partial charge in [0.25, 0.3) is 0 Å². The highest BCUT2D eigenvalue weighted by molar-refractivity contribution is 5.29. The van der Waals surface area contributed by atoms with E-state index in [1.807, 2.05) is 26.8 Å². The summed E-state index contributed by atoms with van der Waals surface area (Å²) in [4.78, 5) is 0. The number of aliphatic hydroxyl groups excluding tert-OH is 2. The van der Waals surface area contributed by atoms with E-state index in [2.05, 4.69) is 0 Å². The minimum absolute atomic E-state index is 0.0958. The number of benzene rings is 1. The van der Waals surface area contributed by atoms with Crippen LogP contribution in [0, 0.1) is 11.3 Å². The molecule has 0 spiro atoms. The maximum atomic E-state index is 9.80. The van der Waals surface area contributed by atoms with Crippen LogP contribution >= 0.6 is 0 Å². The Morgan fingerprint density at radius 3 is 2.22 bits per heavy atom. The van der Waals surface area contributed by atoms with Crippen LogP contribution in [0.2, 0.25) is 0 Å². The zero-order chi connectivity index (χ0) is 13.8. The van der Waals surface area contributed by atoms with Crippen molar-refractivity contribution in [3.05, 3.63) is 29.8 Å². The van der Waals surface area contributed by atoms with Gasteiger partial charge in [-0.3, -0.25) is 0 Å². The molecular formula is C14H19NO3.